The summed E-state index contributed by atoms with van der Waals surface area (Å²) in [6, 6.07) is 3.54. The summed E-state index contributed by atoms with van der Waals surface area (Å²) in [5.74, 6) is 0.356. The van der Waals surface area contributed by atoms with E-state index in [0.717, 1.165) is 12.1 Å². The molecule has 1 aromatic rings. The van der Waals surface area contributed by atoms with Gasteiger partial charge in [0.1, 0.15) is 5.75 Å². The number of aromatic nitrogens is 1. The van der Waals surface area contributed by atoms with E-state index < -0.39 is 12.6 Å². The van der Waals surface area contributed by atoms with Gasteiger partial charge in [0.2, 0.25) is 0 Å². The van der Waals surface area contributed by atoms with E-state index in [0.29, 0.717) is 5.75 Å². The summed E-state index contributed by atoms with van der Waals surface area (Å²) in [6.07, 6.45) is -2.81. The molecule has 1 unspecified atom stereocenters. The number of hydrogen-bond donors (Lipinski definition) is 1. The average molecular weight is 262 g/mol. The van der Waals surface area contributed by atoms with Crippen LogP contribution >= 0.6 is 0 Å². The number of ether oxygens (including phenoxy) is 1. The minimum Gasteiger partial charge on any atom is -0.492 e. The van der Waals surface area contributed by atoms with Crippen LogP contribution in [0.2, 0.25) is 0 Å². The van der Waals surface area contributed by atoms with Gasteiger partial charge in [-0.15, -0.1) is 0 Å². The van der Waals surface area contributed by atoms with Gasteiger partial charge in [-0.2, -0.15) is 13.2 Å². The summed E-state index contributed by atoms with van der Waals surface area (Å²) < 4.78 is 40.7. The van der Waals surface area contributed by atoms with Crippen LogP contribution in [-0.4, -0.2) is 24.8 Å². The first-order valence-corrected chi connectivity index (χ1v) is 5.79. The normalized spacial score (nSPS) is 13.4. The third-order valence-electron chi connectivity index (χ3n) is 2.53. The smallest absolute Gasteiger partial charge is 0.392 e. The Bertz CT molecular complexity index is 347. The Kier molecular flexibility index (Phi) is 5.40. The maximum absolute atomic E-state index is 11.9. The summed E-state index contributed by atoms with van der Waals surface area (Å²) in [4.78, 5) is 4.17. The first-order chi connectivity index (χ1) is 8.46. The maximum Gasteiger partial charge on any atom is 0.392 e. The molecule has 1 atom stereocenters. The Morgan fingerprint density at radius 3 is 2.56 bits per heavy atom. The van der Waals surface area contributed by atoms with Gasteiger partial charge in [-0.05, 0) is 25.6 Å². The van der Waals surface area contributed by atoms with Crippen molar-refractivity contribution in [2.45, 2.75) is 32.0 Å². The second-order valence-electron chi connectivity index (χ2n) is 3.88. The lowest BCUT2D eigenvalue weighted by Crippen LogP contribution is -2.16. The van der Waals surface area contributed by atoms with Crippen LogP contribution in [0.25, 0.3) is 0 Å². The lowest BCUT2D eigenvalue weighted by atomic mass is 10.1. The van der Waals surface area contributed by atoms with Gasteiger partial charge in [-0.3, -0.25) is 4.98 Å². The van der Waals surface area contributed by atoms with E-state index in [2.05, 4.69) is 10.3 Å². The van der Waals surface area contributed by atoms with E-state index in [1.54, 1.807) is 12.1 Å². The van der Waals surface area contributed by atoms with E-state index in [-0.39, 0.29) is 12.6 Å². The molecular weight excluding hydrogens is 245 g/mol. The molecule has 0 radical (unpaired) electrons. The summed E-state index contributed by atoms with van der Waals surface area (Å²) in [7, 11) is 1.84. The highest BCUT2D eigenvalue weighted by molar-refractivity contribution is 5.21. The monoisotopic (exact) mass is 262 g/mol. The molecule has 0 bridgehead atoms. The summed E-state index contributed by atoms with van der Waals surface area (Å²) in [5, 5.41) is 3.10. The van der Waals surface area contributed by atoms with Crippen molar-refractivity contribution in [2.75, 3.05) is 13.7 Å². The first-order valence-electron chi connectivity index (χ1n) is 5.79. The van der Waals surface area contributed by atoms with Crippen LogP contribution in [0.3, 0.4) is 0 Å². The largest absolute Gasteiger partial charge is 0.492 e. The van der Waals surface area contributed by atoms with E-state index in [1.807, 2.05) is 14.0 Å². The van der Waals surface area contributed by atoms with Crippen molar-refractivity contribution in [2.24, 2.45) is 0 Å². The van der Waals surface area contributed by atoms with Crippen molar-refractivity contribution in [1.29, 1.82) is 0 Å². The molecule has 0 aliphatic heterocycles. The minimum absolute atomic E-state index is 0.147. The van der Waals surface area contributed by atoms with Crippen molar-refractivity contribution in [3.05, 3.63) is 24.0 Å². The highest BCUT2D eigenvalue weighted by Crippen LogP contribution is 2.21. The van der Waals surface area contributed by atoms with Gasteiger partial charge in [0.05, 0.1) is 24.9 Å². The van der Waals surface area contributed by atoms with Gasteiger partial charge in [-0.1, -0.05) is 6.92 Å². The molecule has 0 amide bonds. The van der Waals surface area contributed by atoms with E-state index >= 15 is 0 Å². The van der Waals surface area contributed by atoms with Gasteiger partial charge in [0.15, 0.2) is 0 Å². The highest BCUT2D eigenvalue weighted by Gasteiger charge is 2.26. The molecule has 0 aliphatic carbocycles. The lowest BCUT2D eigenvalue weighted by Gasteiger charge is -2.13. The number of pyridine rings is 1. The van der Waals surface area contributed by atoms with E-state index in [4.69, 9.17) is 4.74 Å². The summed E-state index contributed by atoms with van der Waals surface area (Å²) in [5.41, 5.74) is 0.850. The molecule has 0 fully saturated rings. The van der Waals surface area contributed by atoms with Crippen LogP contribution in [-0.2, 0) is 0 Å². The Morgan fingerprint density at radius 1 is 1.39 bits per heavy atom. The molecule has 3 nitrogen and oxygen atoms in total. The number of hydrogen-bond acceptors (Lipinski definition) is 3. The maximum atomic E-state index is 11.9. The number of alkyl halides is 3. The number of rotatable bonds is 6. The van der Waals surface area contributed by atoms with Crippen LogP contribution in [0.4, 0.5) is 13.2 Å². The number of nitrogens with one attached hydrogen (secondary N) is 1. The van der Waals surface area contributed by atoms with E-state index in [9.17, 15) is 13.2 Å². The van der Waals surface area contributed by atoms with Crippen molar-refractivity contribution in [1.82, 2.24) is 10.3 Å². The lowest BCUT2D eigenvalue weighted by molar-refractivity contribution is -0.139. The topological polar surface area (TPSA) is 34.1 Å². The molecule has 0 aromatic carbocycles. The standard InChI is InChI=1S/C12H17F3N2O/c1-3-10(16-2)11-5-4-9(8-17-11)18-7-6-12(13,14)15/h4-5,8,10,16H,3,6-7H2,1-2H3. The molecule has 6 heteroatoms. The molecule has 1 rings (SSSR count). The molecule has 1 N–H and O–H groups in total. The minimum atomic E-state index is -4.19. The Labute approximate surface area is 104 Å². The van der Waals surface area contributed by atoms with Gasteiger partial charge >= 0.3 is 6.18 Å². The van der Waals surface area contributed by atoms with E-state index in [1.165, 1.54) is 6.20 Å². The second kappa shape index (κ2) is 6.58. The SMILES string of the molecule is CCC(NC)c1ccc(OCCC(F)(F)F)cn1. The predicted octanol–water partition coefficient (Wildman–Crippen LogP) is 3.08. The predicted molar refractivity (Wildman–Crippen MR) is 62.5 cm³/mol. The van der Waals surface area contributed by atoms with Crippen molar-refractivity contribution in [3.8, 4) is 5.75 Å². The fourth-order valence-corrected chi connectivity index (χ4v) is 1.53. The summed E-state index contributed by atoms with van der Waals surface area (Å²) >= 11 is 0. The van der Waals surface area contributed by atoms with Crippen LogP contribution in [0, 0.1) is 0 Å². The molecule has 1 aromatic heterocycles. The molecule has 0 aliphatic rings. The quantitative estimate of drug-likeness (QED) is 0.855. The fraction of sp³-hybridized carbons (Fsp3) is 0.583. The molecule has 102 valence electrons. The summed E-state index contributed by atoms with van der Waals surface area (Å²) in [6.45, 7) is 1.64. The molecule has 18 heavy (non-hydrogen) atoms. The van der Waals surface area contributed by atoms with Crippen molar-refractivity contribution >= 4 is 0 Å². The Morgan fingerprint density at radius 2 is 2.11 bits per heavy atom. The first kappa shape index (κ1) is 14.8. The van der Waals surface area contributed by atoms with Gasteiger partial charge in [-0.25, -0.2) is 0 Å². The van der Waals surface area contributed by atoms with Gasteiger partial charge in [0.25, 0.3) is 0 Å². The third-order valence-corrected chi connectivity index (χ3v) is 2.53. The Balaban J connectivity index is 2.50. The molecular formula is C12H17F3N2O. The Hall–Kier alpha value is -1.30. The van der Waals surface area contributed by atoms with Crippen molar-refractivity contribution in [3.63, 3.8) is 0 Å². The van der Waals surface area contributed by atoms with Crippen LogP contribution in [0.1, 0.15) is 31.5 Å². The van der Waals surface area contributed by atoms with Crippen LogP contribution in [0.5, 0.6) is 5.75 Å². The molecule has 1 heterocycles. The fourth-order valence-electron chi connectivity index (χ4n) is 1.53. The number of halogens is 3. The molecule has 0 saturated carbocycles. The van der Waals surface area contributed by atoms with Crippen LogP contribution in [0.15, 0.2) is 18.3 Å². The second-order valence-corrected chi connectivity index (χ2v) is 3.88. The average Bonchev–Trinajstić information content (AvgIpc) is 2.31. The van der Waals surface area contributed by atoms with Crippen molar-refractivity contribution < 1.29 is 17.9 Å². The molecule has 0 spiro atoms. The zero-order valence-electron chi connectivity index (χ0n) is 10.4. The van der Waals surface area contributed by atoms with Gasteiger partial charge < -0.3 is 10.1 Å². The molecule has 0 saturated heterocycles. The van der Waals surface area contributed by atoms with Gasteiger partial charge in [0, 0.05) is 6.04 Å². The zero-order valence-corrected chi connectivity index (χ0v) is 10.4. The third kappa shape index (κ3) is 4.91. The number of nitrogens with zero attached hydrogens (tertiary/aromatic N) is 1. The van der Waals surface area contributed by atoms with Crippen LogP contribution < -0.4 is 10.1 Å². The highest BCUT2D eigenvalue weighted by atomic mass is 19.4. The zero-order chi connectivity index (χ0) is 13.6.